The van der Waals surface area contributed by atoms with E-state index >= 15 is 0 Å². The van der Waals surface area contributed by atoms with Crippen molar-refractivity contribution in [2.75, 3.05) is 6.54 Å². The fourth-order valence-corrected chi connectivity index (χ4v) is 1.45. The fourth-order valence-electron chi connectivity index (χ4n) is 0.996. The lowest BCUT2D eigenvalue weighted by Crippen LogP contribution is -2.17. The van der Waals surface area contributed by atoms with Gasteiger partial charge in [0.05, 0.1) is 6.54 Å². The summed E-state index contributed by atoms with van der Waals surface area (Å²) in [5, 5.41) is 3.20. The number of ether oxygens (including phenoxy) is 1. The Bertz CT molecular complexity index is 542. The highest BCUT2D eigenvalue weighted by atomic mass is 79.9. The van der Waals surface area contributed by atoms with Gasteiger partial charge in [-0.2, -0.15) is 0 Å². The van der Waals surface area contributed by atoms with Crippen molar-refractivity contribution in [3.05, 3.63) is 38.7 Å². The molecule has 18 heavy (non-hydrogen) atoms. The topological polar surface area (TPSA) is 58.0 Å². The Labute approximate surface area is 109 Å². The molecule has 0 heterocycles. The van der Waals surface area contributed by atoms with E-state index in [1.165, 1.54) is 6.07 Å². The lowest BCUT2D eigenvalue weighted by atomic mass is 10.2. The molecule has 94 valence electrons. The van der Waals surface area contributed by atoms with Crippen molar-refractivity contribution in [2.45, 2.75) is 6.36 Å². The molecule has 1 rings (SSSR count). The van der Waals surface area contributed by atoms with Crippen LogP contribution >= 0.6 is 15.9 Å². The van der Waals surface area contributed by atoms with Gasteiger partial charge in [-0.1, -0.05) is 17.0 Å². The minimum Gasteiger partial charge on any atom is -0.406 e. The number of azide groups is 1. The van der Waals surface area contributed by atoms with Crippen molar-refractivity contribution in [2.24, 2.45) is 5.11 Å². The van der Waals surface area contributed by atoms with E-state index in [-0.39, 0.29) is 12.3 Å². The lowest BCUT2D eigenvalue weighted by molar-refractivity contribution is -0.274. The van der Waals surface area contributed by atoms with Gasteiger partial charge in [0.2, 0.25) is 0 Å². The van der Waals surface area contributed by atoms with Gasteiger partial charge in [0.25, 0.3) is 0 Å². The molecule has 0 saturated heterocycles. The van der Waals surface area contributed by atoms with Gasteiger partial charge < -0.3 is 4.74 Å². The molecule has 0 aliphatic heterocycles. The first-order valence-electron chi connectivity index (χ1n) is 4.47. The zero-order valence-corrected chi connectivity index (χ0v) is 10.3. The second kappa shape index (κ2) is 6.19. The third-order valence-corrected chi connectivity index (χ3v) is 2.27. The van der Waals surface area contributed by atoms with Gasteiger partial charge in [0.15, 0.2) is 0 Å². The van der Waals surface area contributed by atoms with Crippen LogP contribution in [0.5, 0.6) is 5.75 Å². The van der Waals surface area contributed by atoms with E-state index < -0.39 is 6.36 Å². The summed E-state index contributed by atoms with van der Waals surface area (Å²) >= 11 is 3.07. The third-order valence-electron chi connectivity index (χ3n) is 1.61. The Balaban J connectivity index is 2.85. The average molecular weight is 320 g/mol. The Morgan fingerprint density at radius 3 is 2.72 bits per heavy atom. The summed E-state index contributed by atoms with van der Waals surface area (Å²) in [5.74, 6) is 4.85. The summed E-state index contributed by atoms with van der Waals surface area (Å²) in [7, 11) is 0. The van der Waals surface area contributed by atoms with Gasteiger partial charge >= 0.3 is 6.36 Å². The molecule has 0 bridgehead atoms. The predicted octanol–water partition coefficient (Wildman–Crippen LogP) is 4.01. The Morgan fingerprint density at radius 1 is 1.44 bits per heavy atom. The molecule has 0 aliphatic carbocycles. The van der Waals surface area contributed by atoms with Crippen molar-refractivity contribution in [1.29, 1.82) is 0 Å². The second-order valence-corrected chi connectivity index (χ2v) is 3.73. The number of halogens is 4. The highest BCUT2D eigenvalue weighted by molar-refractivity contribution is 9.10. The molecular formula is C10H5BrF3N3O. The molecule has 8 heteroatoms. The number of hydrogen-bond acceptors (Lipinski definition) is 2. The van der Waals surface area contributed by atoms with Crippen molar-refractivity contribution in [3.8, 4) is 17.6 Å². The average Bonchev–Trinajstić information content (AvgIpc) is 2.24. The normalized spacial score (nSPS) is 10.0. The van der Waals surface area contributed by atoms with Crippen molar-refractivity contribution in [1.82, 2.24) is 0 Å². The summed E-state index contributed by atoms with van der Waals surface area (Å²) in [5.41, 5.74) is 8.49. The Kier molecular flexibility index (Phi) is 4.89. The van der Waals surface area contributed by atoms with Crippen LogP contribution in [0.4, 0.5) is 13.2 Å². The van der Waals surface area contributed by atoms with Crippen LogP contribution in [0.2, 0.25) is 0 Å². The third kappa shape index (κ3) is 4.99. The molecule has 0 N–H and O–H groups in total. The summed E-state index contributed by atoms with van der Waals surface area (Å²) in [6.45, 7) is -0.0102. The molecule has 0 spiro atoms. The van der Waals surface area contributed by atoms with Gasteiger partial charge in [-0.15, -0.1) is 13.2 Å². The smallest absolute Gasteiger partial charge is 0.406 e. The first-order chi connectivity index (χ1) is 8.42. The minimum atomic E-state index is -4.73. The van der Waals surface area contributed by atoms with Crippen LogP contribution in [0, 0.1) is 11.8 Å². The Hall–Kier alpha value is -1.84. The second-order valence-electron chi connectivity index (χ2n) is 2.88. The summed E-state index contributed by atoms with van der Waals surface area (Å²) in [4.78, 5) is 2.51. The van der Waals surface area contributed by atoms with E-state index in [1.807, 2.05) is 0 Å². The first-order valence-corrected chi connectivity index (χ1v) is 5.26. The molecule has 0 amide bonds. The maximum Gasteiger partial charge on any atom is 0.573 e. The van der Waals surface area contributed by atoms with Gasteiger partial charge in [-0.25, -0.2) is 0 Å². The molecule has 0 fully saturated rings. The van der Waals surface area contributed by atoms with Gasteiger partial charge in [-0.3, -0.25) is 0 Å². The van der Waals surface area contributed by atoms with E-state index in [4.69, 9.17) is 5.53 Å². The number of benzene rings is 1. The monoisotopic (exact) mass is 319 g/mol. The van der Waals surface area contributed by atoms with Crippen LogP contribution in [-0.2, 0) is 0 Å². The summed E-state index contributed by atoms with van der Waals surface area (Å²) in [6, 6.07) is 3.68. The van der Waals surface area contributed by atoms with E-state index in [9.17, 15) is 13.2 Å². The molecular weight excluding hydrogens is 315 g/mol. The van der Waals surface area contributed by atoms with Crippen LogP contribution in [0.15, 0.2) is 27.8 Å². The van der Waals surface area contributed by atoms with Crippen LogP contribution in [0.25, 0.3) is 10.4 Å². The van der Waals surface area contributed by atoms with Crippen LogP contribution in [0.3, 0.4) is 0 Å². The maximum atomic E-state index is 11.9. The van der Waals surface area contributed by atoms with Crippen LogP contribution in [0.1, 0.15) is 5.56 Å². The summed E-state index contributed by atoms with van der Waals surface area (Å²) in [6.07, 6.45) is -4.73. The van der Waals surface area contributed by atoms with E-state index in [1.54, 1.807) is 0 Å². The largest absolute Gasteiger partial charge is 0.573 e. The number of alkyl halides is 3. The van der Waals surface area contributed by atoms with E-state index in [2.05, 4.69) is 42.5 Å². The van der Waals surface area contributed by atoms with Gasteiger partial charge in [-0.05, 0) is 39.7 Å². The van der Waals surface area contributed by atoms with Crippen LogP contribution in [-0.4, -0.2) is 12.9 Å². The SMILES string of the molecule is [N-]=[N+]=NCC#Cc1ccc(OC(F)(F)F)cc1Br. The summed E-state index contributed by atoms with van der Waals surface area (Å²) < 4.78 is 39.9. The zero-order valence-electron chi connectivity index (χ0n) is 8.70. The number of hydrogen-bond donors (Lipinski definition) is 0. The molecule has 1 aromatic rings. The zero-order chi connectivity index (χ0) is 13.6. The molecule has 0 atom stereocenters. The minimum absolute atomic E-state index is 0.0102. The maximum absolute atomic E-state index is 11.9. The standard InChI is InChI=1S/C10H5BrF3N3O/c11-9-6-8(18-10(12,13)14)4-3-7(9)2-1-5-16-17-15/h3-4,6H,5H2. The first kappa shape index (κ1) is 14.2. The lowest BCUT2D eigenvalue weighted by Gasteiger charge is -2.09. The number of nitrogens with zero attached hydrogens (tertiary/aromatic N) is 3. The van der Waals surface area contributed by atoms with Gasteiger partial charge in [0, 0.05) is 14.9 Å². The molecule has 0 aromatic heterocycles. The molecule has 4 nitrogen and oxygen atoms in total. The van der Waals surface area contributed by atoms with Crippen molar-refractivity contribution in [3.63, 3.8) is 0 Å². The molecule has 0 aliphatic rings. The fraction of sp³-hybridized carbons (Fsp3) is 0.200. The quantitative estimate of drug-likeness (QED) is 0.351. The predicted molar refractivity (Wildman–Crippen MR) is 61.7 cm³/mol. The van der Waals surface area contributed by atoms with Crippen molar-refractivity contribution < 1.29 is 17.9 Å². The van der Waals surface area contributed by atoms with Gasteiger partial charge in [0.1, 0.15) is 5.75 Å². The van der Waals surface area contributed by atoms with E-state index in [0.29, 0.717) is 10.0 Å². The molecule has 1 aromatic carbocycles. The highest BCUT2D eigenvalue weighted by Gasteiger charge is 2.31. The van der Waals surface area contributed by atoms with E-state index in [0.717, 1.165) is 12.1 Å². The van der Waals surface area contributed by atoms with Crippen molar-refractivity contribution >= 4 is 15.9 Å². The Morgan fingerprint density at radius 2 is 2.17 bits per heavy atom. The molecule has 0 unspecified atom stereocenters. The molecule has 0 radical (unpaired) electrons. The molecule has 0 saturated carbocycles. The highest BCUT2D eigenvalue weighted by Crippen LogP contribution is 2.27. The number of rotatable bonds is 2. The van der Waals surface area contributed by atoms with Crippen LogP contribution < -0.4 is 4.74 Å².